The Morgan fingerprint density at radius 1 is 1.17 bits per heavy atom. The maximum absolute atomic E-state index is 13.0. The molecule has 1 amide bonds. The van der Waals surface area contributed by atoms with Gasteiger partial charge in [0.05, 0.1) is 5.69 Å². The summed E-state index contributed by atoms with van der Waals surface area (Å²) in [6.45, 7) is 4.90. The minimum absolute atomic E-state index is 0.0179. The fraction of sp³-hybridized carbons (Fsp3) is 0.800. The quantitative estimate of drug-likeness (QED) is 0.918. The molecule has 5 saturated carbocycles. The lowest BCUT2D eigenvalue weighted by Gasteiger charge is -2.65. The molecule has 1 aromatic rings. The predicted molar refractivity (Wildman–Crippen MR) is 92.8 cm³/mol. The molecule has 1 heterocycles. The summed E-state index contributed by atoms with van der Waals surface area (Å²) in [5.41, 5.74) is 2.71. The Kier molecular flexibility index (Phi) is 2.77. The second-order valence-electron chi connectivity index (χ2n) is 10.2. The zero-order valence-corrected chi connectivity index (χ0v) is 15.2. The van der Waals surface area contributed by atoms with Crippen molar-refractivity contribution in [3.8, 4) is 0 Å². The number of carbonyl (C=O) groups excluding carboxylic acids is 1. The molecule has 5 aliphatic carbocycles. The average molecular weight is 327 g/mol. The molecule has 4 bridgehead atoms. The molecular formula is C20H29N3O. The van der Waals surface area contributed by atoms with E-state index >= 15 is 0 Å². The number of hydrogen-bond acceptors (Lipinski definition) is 2. The van der Waals surface area contributed by atoms with E-state index < -0.39 is 0 Å². The van der Waals surface area contributed by atoms with Crippen LogP contribution in [0.3, 0.4) is 0 Å². The van der Waals surface area contributed by atoms with Crippen LogP contribution in [0.5, 0.6) is 0 Å². The summed E-state index contributed by atoms with van der Waals surface area (Å²) >= 11 is 0. The first kappa shape index (κ1) is 15.0. The first-order valence-electron chi connectivity index (χ1n) is 9.64. The monoisotopic (exact) mass is 327 g/mol. The summed E-state index contributed by atoms with van der Waals surface area (Å²) in [6.07, 6.45) is 10.00. The van der Waals surface area contributed by atoms with Gasteiger partial charge in [0.2, 0.25) is 0 Å². The van der Waals surface area contributed by atoms with Crippen LogP contribution in [0.4, 0.5) is 0 Å². The lowest BCUT2D eigenvalue weighted by molar-refractivity contribution is -0.114. The van der Waals surface area contributed by atoms with Gasteiger partial charge in [0.25, 0.3) is 5.91 Å². The molecule has 1 N–H and O–H groups in total. The Balaban J connectivity index is 1.42. The number of aromatic nitrogens is 2. The number of aryl methyl sites for hydroxylation is 1. The van der Waals surface area contributed by atoms with Crippen molar-refractivity contribution in [3.05, 3.63) is 17.5 Å². The molecule has 0 aliphatic heterocycles. The maximum Gasteiger partial charge on any atom is 0.269 e. The third kappa shape index (κ3) is 2.25. The highest BCUT2D eigenvalue weighted by atomic mass is 16.2. The Morgan fingerprint density at radius 2 is 1.83 bits per heavy atom. The molecule has 4 nitrogen and oxygen atoms in total. The van der Waals surface area contributed by atoms with E-state index in [1.165, 1.54) is 38.5 Å². The van der Waals surface area contributed by atoms with Gasteiger partial charge in [0.15, 0.2) is 0 Å². The highest BCUT2D eigenvalue weighted by Gasteiger charge is 2.60. The molecule has 2 unspecified atom stereocenters. The zero-order valence-electron chi connectivity index (χ0n) is 15.2. The topological polar surface area (TPSA) is 46.9 Å². The van der Waals surface area contributed by atoms with Crippen LogP contribution in [0.15, 0.2) is 6.07 Å². The molecule has 4 atom stereocenters. The molecule has 6 rings (SSSR count). The van der Waals surface area contributed by atoms with Crippen molar-refractivity contribution in [2.75, 3.05) is 0 Å². The van der Waals surface area contributed by atoms with E-state index in [4.69, 9.17) is 0 Å². The Bertz CT molecular complexity index is 698. The minimum atomic E-state index is 0.0179. The molecule has 0 aromatic carbocycles. The normalized spacial score (nSPS) is 43.2. The highest BCUT2D eigenvalue weighted by molar-refractivity contribution is 5.93. The van der Waals surface area contributed by atoms with Crippen molar-refractivity contribution in [1.29, 1.82) is 0 Å². The molecule has 0 radical (unpaired) electrons. The highest BCUT2D eigenvalue weighted by Crippen LogP contribution is 2.66. The van der Waals surface area contributed by atoms with Crippen LogP contribution in [-0.4, -0.2) is 21.2 Å². The summed E-state index contributed by atoms with van der Waals surface area (Å²) in [7, 11) is 1.91. The summed E-state index contributed by atoms with van der Waals surface area (Å²) in [5, 5.41) is 8.08. The van der Waals surface area contributed by atoms with Crippen LogP contribution in [0.2, 0.25) is 0 Å². The van der Waals surface area contributed by atoms with Gasteiger partial charge in [-0.05, 0) is 74.2 Å². The van der Waals surface area contributed by atoms with Crippen molar-refractivity contribution in [2.45, 2.75) is 76.7 Å². The van der Waals surface area contributed by atoms with Gasteiger partial charge in [0, 0.05) is 18.5 Å². The smallest absolute Gasteiger partial charge is 0.269 e. The van der Waals surface area contributed by atoms with Crippen molar-refractivity contribution in [3.63, 3.8) is 0 Å². The van der Waals surface area contributed by atoms with Gasteiger partial charge in [-0.15, -0.1) is 0 Å². The number of hydrogen-bond donors (Lipinski definition) is 1. The number of carbonyl (C=O) groups is 1. The molecule has 5 fully saturated rings. The Labute approximate surface area is 144 Å². The molecule has 4 heteroatoms. The predicted octanol–water partition coefficient (Wildman–Crippen LogP) is 3.78. The van der Waals surface area contributed by atoms with Crippen LogP contribution in [0.1, 0.15) is 87.3 Å². The number of nitrogens with one attached hydrogen (secondary N) is 1. The average Bonchev–Trinajstić information content (AvgIpc) is 3.17. The van der Waals surface area contributed by atoms with Crippen LogP contribution in [-0.2, 0) is 7.05 Å². The number of amides is 1. The van der Waals surface area contributed by atoms with Gasteiger partial charge in [-0.2, -0.15) is 5.10 Å². The second kappa shape index (κ2) is 4.44. The van der Waals surface area contributed by atoms with Crippen molar-refractivity contribution >= 4 is 5.91 Å². The number of nitrogens with zero attached hydrogens (tertiary/aromatic N) is 2. The van der Waals surface area contributed by atoms with Crippen molar-refractivity contribution in [2.24, 2.45) is 23.8 Å². The van der Waals surface area contributed by atoms with Gasteiger partial charge < -0.3 is 5.32 Å². The first-order chi connectivity index (χ1) is 11.3. The van der Waals surface area contributed by atoms with E-state index in [1.807, 2.05) is 13.1 Å². The molecule has 5 aliphatic rings. The van der Waals surface area contributed by atoms with Crippen LogP contribution in [0, 0.1) is 16.7 Å². The van der Waals surface area contributed by atoms with E-state index in [9.17, 15) is 4.79 Å². The lowest BCUT2D eigenvalue weighted by atomic mass is 9.43. The third-order valence-corrected chi connectivity index (χ3v) is 7.13. The first-order valence-corrected chi connectivity index (χ1v) is 9.64. The summed E-state index contributed by atoms with van der Waals surface area (Å²) in [6, 6.07) is 2.02. The Morgan fingerprint density at radius 3 is 2.42 bits per heavy atom. The molecule has 0 saturated heterocycles. The second-order valence-corrected chi connectivity index (χ2v) is 10.2. The molecule has 24 heavy (non-hydrogen) atoms. The van der Waals surface area contributed by atoms with Crippen LogP contribution in [0.25, 0.3) is 0 Å². The van der Waals surface area contributed by atoms with Gasteiger partial charge in [-0.1, -0.05) is 13.8 Å². The standard InChI is InChI=1S/C20H29N3O/c1-18-7-13-8-19(2,10-18)12-20(9-13,11-18)21-17(24)16-6-15(14-4-5-14)22-23(16)3/h6,13-14H,4-5,7-12H2,1-3H3,(H,21,24)/t13?,18-,19+,20?. The van der Waals surface area contributed by atoms with Crippen LogP contribution < -0.4 is 5.32 Å². The van der Waals surface area contributed by atoms with Gasteiger partial charge in [-0.25, -0.2) is 0 Å². The van der Waals surface area contributed by atoms with Crippen LogP contribution >= 0.6 is 0 Å². The molecular weight excluding hydrogens is 298 g/mol. The summed E-state index contributed by atoms with van der Waals surface area (Å²) in [4.78, 5) is 13.0. The molecule has 0 spiro atoms. The van der Waals surface area contributed by atoms with E-state index in [2.05, 4.69) is 24.3 Å². The Hall–Kier alpha value is -1.32. The molecule has 130 valence electrons. The van der Waals surface area contributed by atoms with E-state index in [-0.39, 0.29) is 11.4 Å². The fourth-order valence-electron chi connectivity index (χ4n) is 7.17. The minimum Gasteiger partial charge on any atom is -0.345 e. The van der Waals surface area contributed by atoms with E-state index in [1.54, 1.807) is 4.68 Å². The largest absolute Gasteiger partial charge is 0.345 e. The van der Waals surface area contributed by atoms with Crippen molar-refractivity contribution in [1.82, 2.24) is 15.1 Å². The maximum atomic E-state index is 13.0. The number of rotatable bonds is 3. The lowest BCUT2D eigenvalue weighted by Crippen LogP contribution is -2.65. The van der Waals surface area contributed by atoms with Gasteiger partial charge in [0.1, 0.15) is 5.69 Å². The van der Waals surface area contributed by atoms with Gasteiger partial charge in [-0.3, -0.25) is 9.48 Å². The fourth-order valence-corrected chi connectivity index (χ4v) is 7.17. The zero-order chi connectivity index (χ0) is 16.7. The van der Waals surface area contributed by atoms with Crippen molar-refractivity contribution < 1.29 is 4.79 Å². The molecule has 1 aromatic heterocycles. The van der Waals surface area contributed by atoms with Gasteiger partial charge >= 0.3 is 0 Å². The third-order valence-electron chi connectivity index (χ3n) is 7.13. The SMILES string of the molecule is Cn1nc(C2CC2)cc1C(=O)NC12CC3C[C@@](C)(C1)C[C@](C)(C3)C2. The summed E-state index contributed by atoms with van der Waals surface area (Å²) < 4.78 is 1.78. The van der Waals surface area contributed by atoms with E-state index in [0.29, 0.717) is 16.7 Å². The van der Waals surface area contributed by atoms with E-state index in [0.717, 1.165) is 30.1 Å². The summed E-state index contributed by atoms with van der Waals surface area (Å²) in [5.74, 6) is 1.48.